The molecule has 3 aromatic rings. The molecule has 1 saturated heterocycles. The highest BCUT2D eigenvalue weighted by Gasteiger charge is 2.60. The van der Waals surface area contributed by atoms with Crippen LogP contribution in [0.5, 0.6) is 11.5 Å². The van der Waals surface area contributed by atoms with Crippen molar-refractivity contribution in [1.82, 2.24) is 20.1 Å². The molecule has 3 heterocycles. The van der Waals surface area contributed by atoms with Gasteiger partial charge in [0.1, 0.15) is 23.1 Å². The third-order valence-electron chi connectivity index (χ3n) is 7.39. The number of halogens is 2. The number of aromatic amines is 1. The predicted octanol–water partition coefficient (Wildman–Crippen LogP) is 3.90. The Kier molecular flexibility index (Phi) is 5.18. The molecule has 1 aromatic heterocycles. The van der Waals surface area contributed by atoms with E-state index in [0.717, 1.165) is 18.4 Å². The van der Waals surface area contributed by atoms with E-state index in [1.807, 2.05) is 0 Å². The number of H-pyrrole nitrogens is 1. The fourth-order valence-electron chi connectivity index (χ4n) is 5.57. The zero-order valence-corrected chi connectivity index (χ0v) is 19.6. The number of rotatable bonds is 7. The molecule has 2 atom stereocenters. The van der Waals surface area contributed by atoms with Crippen LogP contribution < -0.4 is 10.1 Å². The van der Waals surface area contributed by atoms with Crippen LogP contribution in [-0.2, 0) is 11.2 Å². The lowest BCUT2D eigenvalue weighted by Crippen LogP contribution is -2.53. The van der Waals surface area contributed by atoms with Crippen molar-refractivity contribution in [2.24, 2.45) is 0 Å². The summed E-state index contributed by atoms with van der Waals surface area (Å²) < 4.78 is 30.4. The van der Waals surface area contributed by atoms with Crippen LogP contribution in [0.1, 0.15) is 42.6 Å². The Morgan fingerprint density at radius 3 is 2.75 bits per heavy atom. The molecule has 2 aliphatic heterocycles. The van der Waals surface area contributed by atoms with E-state index in [4.69, 9.17) is 0 Å². The number of amides is 3. The summed E-state index contributed by atoms with van der Waals surface area (Å²) in [6.45, 7) is -0.435. The molecular formula is C26H26F2N4O4. The largest absolute Gasteiger partial charge is 0.508 e. The van der Waals surface area contributed by atoms with Gasteiger partial charge in [-0.3, -0.25) is 14.6 Å². The average molecular weight is 497 g/mol. The standard InChI is InChI=1S/C26H26F2N4O4/c1-26-13-19-18-12-17(36-24(27)28)7-8-20(18)30-21(19)22(14-3-2-4-16(33)11-14)32(26)25(35)31(23(26)34)10-9-29-15-5-6-15/h2-4,7-8,11-12,15,22,24,29-30,33H,5-6,9-10,13H2,1H3/t22-,26+/m1/s1. The van der Waals surface area contributed by atoms with Gasteiger partial charge in [0.05, 0.1) is 0 Å². The highest BCUT2D eigenvalue weighted by molar-refractivity contribution is 6.08. The van der Waals surface area contributed by atoms with Gasteiger partial charge in [-0.05, 0) is 61.2 Å². The van der Waals surface area contributed by atoms with Crippen molar-refractivity contribution in [3.05, 3.63) is 59.3 Å². The number of imide groups is 1. The highest BCUT2D eigenvalue weighted by atomic mass is 19.3. The van der Waals surface area contributed by atoms with Crippen LogP contribution in [0.2, 0.25) is 0 Å². The monoisotopic (exact) mass is 496 g/mol. The smallest absolute Gasteiger partial charge is 0.387 e. The summed E-state index contributed by atoms with van der Waals surface area (Å²) in [5, 5.41) is 14.2. The van der Waals surface area contributed by atoms with Crippen LogP contribution >= 0.6 is 0 Å². The Morgan fingerprint density at radius 2 is 2.03 bits per heavy atom. The number of aromatic hydroxyl groups is 1. The molecule has 36 heavy (non-hydrogen) atoms. The molecule has 3 N–H and O–H groups in total. The van der Waals surface area contributed by atoms with Gasteiger partial charge in [0.2, 0.25) is 0 Å². The summed E-state index contributed by atoms with van der Waals surface area (Å²) in [4.78, 5) is 33.7. The maximum absolute atomic E-state index is 13.7. The second-order valence-electron chi connectivity index (χ2n) is 9.89. The van der Waals surface area contributed by atoms with Crippen LogP contribution in [0.3, 0.4) is 0 Å². The number of nitrogens with one attached hydrogen (secondary N) is 2. The molecule has 3 aliphatic rings. The first kappa shape index (κ1) is 22.8. The van der Waals surface area contributed by atoms with Gasteiger partial charge in [-0.15, -0.1) is 0 Å². The Balaban J connectivity index is 1.47. The van der Waals surface area contributed by atoms with E-state index in [1.165, 1.54) is 17.0 Å². The quantitative estimate of drug-likeness (QED) is 0.431. The van der Waals surface area contributed by atoms with Gasteiger partial charge in [0.15, 0.2) is 0 Å². The molecule has 2 aromatic carbocycles. The van der Waals surface area contributed by atoms with E-state index < -0.39 is 18.2 Å². The van der Waals surface area contributed by atoms with E-state index in [1.54, 1.807) is 42.2 Å². The Hall–Kier alpha value is -3.66. The van der Waals surface area contributed by atoms with E-state index in [-0.39, 0.29) is 36.4 Å². The number of aromatic nitrogens is 1. The minimum absolute atomic E-state index is 0.0161. The molecule has 10 heteroatoms. The molecule has 0 unspecified atom stereocenters. The lowest BCUT2D eigenvalue weighted by molar-refractivity contribution is -0.133. The second kappa shape index (κ2) is 8.19. The molecule has 188 valence electrons. The van der Waals surface area contributed by atoms with Crippen molar-refractivity contribution >= 4 is 22.8 Å². The number of alkyl halides is 2. The van der Waals surface area contributed by atoms with Crippen LogP contribution in [-0.4, -0.2) is 63.1 Å². The van der Waals surface area contributed by atoms with E-state index in [2.05, 4.69) is 15.0 Å². The molecule has 6 rings (SSSR count). The average Bonchev–Trinajstić information content (AvgIpc) is 3.56. The summed E-state index contributed by atoms with van der Waals surface area (Å²) >= 11 is 0. The summed E-state index contributed by atoms with van der Waals surface area (Å²) in [6, 6.07) is 10.6. The van der Waals surface area contributed by atoms with Gasteiger partial charge < -0.3 is 20.1 Å². The molecule has 8 nitrogen and oxygen atoms in total. The minimum atomic E-state index is -2.96. The molecule has 2 fully saturated rings. The fourth-order valence-corrected chi connectivity index (χ4v) is 5.57. The molecule has 0 radical (unpaired) electrons. The first-order chi connectivity index (χ1) is 17.3. The Bertz CT molecular complexity index is 1370. The normalized spacial score (nSPS) is 23.5. The van der Waals surface area contributed by atoms with Crippen molar-refractivity contribution in [1.29, 1.82) is 0 Å². The number of ether oxygens (including phenoxy) is 1. The van der Waals surface area contributed by atoms with Gasteiger partial charge in [0, 0.05) is 42.1 Å². The number of fused-ring (bicyclic) bond motifs is 4. The van der Waals surface area contributed by atoms with Crippen molar-refractivity contribution < 1.29 is 28.2 Å². The number of hydrogen-bond acceptors (Lipinski definition) is 5. The molecule has 0 bridgehead atoms. The van der Waals surface area contributed by atoms with Crippen molar-refractivity contribution in [2.75, 3.05) is 13.1 Å². The SMILES string of the molecule is C[C@@]12Cc3c([nH]c4ccc(OC(F)F)cc34)[C@@H](c3cccc(O)c3)N1C(=O)N(CCNC1CC1)C2=O. The maximum Gasteiger partial charge on any atom is 0.387 e. The van der Waals surface area contributed by atoms with Crippen molar-refractivity contribution in [3.63, 3.8) is 0 Å². The number of phenols is 1. The van der Waals surface area contributed by atoms with Gasteiger partial charge in [-0.25, -0.2) is 4.79 Å². The van der Waals surface area contributed by atoms with Gasteiger partial charge in [-0.1, -0.05) is 12.1 Å². The number of carbonyl (C=O) groups is 2. The maximum atomic E-state index is 13.7. The van der Waals surface area contributed by atoms with E-state index in [9.17, 15) is 23.5 Å². The highest BCUT2D eigenvalue weighted by Crippen LogP contribution is 2.49. The number of hydrogen-bond donors (Lipinski definition) is 3. The van der Waals surface area contributed by atoms with Crippen LogP contribution in [0.15, 0.2) is 42.5 Å². The molecule has 3 amide bonds. The summed E-state index contributed by atoms with van der Waals surface area (Å²) in [5.41, 5.74) is 1.57. The zero-order valence-electron chi connectivity index (χ0n) is 19.6. The van der Waals surface area contributed by atoms with Gasteiger partial charge in [-0.2, -0.15) is 8.78 Å². The van der Waals surface area contributed by atoms with Gasteiger partial charge in [0.25, 0.3) is 5.91 Å². The lowest BCUT2D eigenvalue weighted by atomic mass is 9.81. The second-order valence-corrected chi connectivity index (χ2v) is 9.89. The first-order valence-electron chi connectivity index (χ1n) is 12.0. The number of benzene rings is 2. The number of phenolic OH excluding ortho intramolecular Hbond substituents is 1. The summed E-state index contributed by atoms with van der Waals surface area (Å²) in [7, 11) is 0. The third kappa shape index (κ3) is 3.59. The van der Waals surface area contributed by atoms with Crippen LogP contribution in [0.4, 0.5) is 13.6 Å². The van der Waals surface area contributed by atoms with Crippen molar-refractivity contribution in [3.8, 4) is 11.5 Å². The predicted molar refractivity (Wildman–Crippen MR) is 127 cm³/mol. The van der Waals surface area contributed by atoms with E-state index >= 15 is 0 Å². The zero-order chi connectivity index (χ0) is 25.2. The van der Waals surface area contributed by atoms with Gasteiger partial charge >= 0.3 is 12.6 Å². The lowest BCUT2D eigenvalue weighted by Gasteiger charge is -2.42. The number of nitrogens with zero attached hydrogens (tertiary/aromatic N) is 2. The molecule has 0 spiro atoms. The fraction of sp³-hybridized carbons (Fsp3) is 0.385. The van der Waals surface area contributed by atoms with Crippen LogP contribution in [0.25, 0.3) is 10.9 Å². The number of carbonyl (C=O) groups excluding carboxylic acids is 2. The summed E-state index contributed by atoms with van der Waals surface area (Å²) in [6.07, 6.45) is 2.42. The number of urea groups is 1. The minimum Gasteiger partial charge on any atom is -0.508 e. The third-order valence-corrected chi connectivity index (χ3v) is 7.39. The van der Waals surface area contributed by atoms with E-state index in [0.29, 0.717) is 34.7 Å². The molecule has 1 saturated carbocycles. The summed E-state index contributed by atoms with van der Waals surface area (Å²) in [5.74, 6) is -0.244. The first-order valence-corrected chi connectivity index (χ1v) is 12.0. The topological polar surface area (TPSA) is 97.9 Å². The van der Waals surface area contributed by atoms with Crippen LogP contribution in [0, 0.1) is 0 Å². The Morgan fingerprint density at radius 1 is 1.22 bits per heavy atom. The molecular weight excluding hydrogens is 470 g/mol. The molecule has 1 aliphatic carbocycles. The Labute approximate surface area is 205 Å². The van der Waals surface area contributed by atoms with Crippen molar-refractivity contribution in [2.45, 2.75) is 50.4 Å².